The minimum atomic E-state index is -0.376. The van der Waals surface area contributed by atoms with E-state index in [1.807, 2.05) is 36.4 Å². The maximum absolute atomic E-state index is 13.9. The summed E-state index contributed by atoms with van der Waals surface area (Å²) >= 11 is 1.69. The third kappa shape index (κ3) is 3.02. The minimum absolute atomic E-state index is 0.113. The highest BCUT2D eigenvalue weighted by Gasteiger charge is 2.36. The topological polar surface area (TPSA) is 41.1 Å². The number of carbonyl (C=O) groups is 1. The molecule has 0 fully saturated rings. The van der Waals surface area contributed by atoms with Crippen molar-refractivity contribution in [2.45, 2.75) is 24.8 Å². The zero-order valence-corrected chi connectivity index (χ0v) is 15.9. The van der Waals surface area contributed by atoms with Crippen molar-refractivity contribution in [1.29, 1.82) is 0 Å². The fourth-order valence-electron chi connectivity index (χ4n) is 4.15. The Morgan fingerprint density at radius 1 is 0.964 bits per heavy atom. The molecule has 0 bridgehead atoms. The van der Waals surface area contributed by atoms with Crippen molar-refractivity contribution >= 4 is 28.5 Å². The van der Waals surface area contributed by atoms with Crippen LogP contribution in [0.3, 0.4) is 0 Å². The molecule has 0 spiro atoms. The third-order valence-corrected chi connectivity index (χ3v) is 6.47. The highest BCUT2D eigenvalue weighted by atomic mass is 32.1. The number of nitrogens with one attached hydrogen (secondary N) is 2. The first-order valence-corrected chi connectivity index (χ1v) is 10.2. The molecule has 0 amide bonds. The van der Waals surface area contributed by atoms with Crippen molar-refractivity contribution in [2.75, 3.05) is 10.6 Å². The quantitative estimate of drug-likeness (QED) is 0.575. The Kier molecular flexibility index (Phi) is 4.24. The molecule has 28 heavy (non-hydrogen) atoms. The monoisotopic (exact) mass is 390 g/mol. The Hall–Kier alpha value is -2.92. The SMILES string of the molecule is O=C1C[C@H](c2cccs2)CC2=C1[C@@H](c1cccc(F)c1)Nc1ccccc1N2. The summed E-state index contributed by atoms with van der Waals surface area (Å²) in [6.07, 6.45) is 1.24. The number of para-hydroxylation sites is 2. The van der Waals surface area contributed by atoms with Crippen LogP contribution in [0.1, 0.15) is 35.2 Å². The first-order valence-electron chi connectivity index (χ1n) is 9.37. The van der Waals surface area contributed by atoms with Gasteiger partial charge in [0.15, 0.2) is 5.78 Å². The Labute approximate surface area is 166 Å². The number of benzene rings is 2. The second kappa shape index (κ2) is 6.91. The molecule has 1 aliphatic carbocycles. The van der Waals surface area contributed by atoms with Gasteiger partial charge in [-0.25, -0.2) is 4.39 Å². The number of anilines is 2. The van der Waals surface area contributed by atoms with Gasteiger partial charge in [-0.05, 0) is 47.7 Å². The molecular formula is C23H19FN2OS. The van der Waals surface area contributed by atoms with Crippen LogP contribution < -0.4 is 10.6 Å². The van der Waals surface area contributed by atoms with E-state index in [4.69, 9.17) is 0 Å². The Morgan fingerprint density at radius 2 is 1.82 bits per heavy atom. The number of thiophene rings is 1. The molecule has 1 aliphatic heterocycles. The number of Topliss-reactive ketones (excluding diaryl/α,β-unsaturated/α-hetero) is 1. The van der Waals surface area contributed by atoms with Crippen molar-refractivity contribution in [2.24, 2.45) is 0 Å². The van der Waals surface area contributed by atoms with E-state index in [1.165, 1.54) is 17.0 Å². The summed E-state index contributed by atoms with van der Waals surface area (Å²) in [5.74, 6) is -0.00875. The van der Waals surface area contributed by atoms with Gasteiger partial charge < -0.3 is 10.6 Å². The third-order valence-electron chi connectivity index (χ3n) is 5.44. The summed E-state index contributed by atoms with van der Waals surface area (Å²) in [5, 5.41) is 9.03. The summed E-state index contributed by atoms with van der Waals surface area (Å²) in [4.78, 5) is 14.5. The van der Waals surface area contributed by atoms with Crippen molar-refractivity contribution in [3.8, 4) is 0 Å². The predicted octanol–water partition coefficient (Wildman–Crippen LogP) is 5.87. The molecule has 3 aromatic rings. The molecule has 0 saturated heterocycles. The Morgan fingerprint density at radius 3 is 2.61 bits per heavy atom. The number of fused-ring (bicyclic) bond motifs is 1. The number of rotatable bonds is 2. The second-order valence-corrected chi connectivity index (χ2v) is 8.22. The molecule has 2 atom stereocenters. The van der Waals surface area contributed by atoms with Gasteiger partial charge in [-0.15, -0.1) is 11.3 Å². The molecule has 2 N–H and O–H groups in total. The first-order chi connectivity index (χ1) is 13.7. The summed E-state index contributed by atoms with van der Waals surface area (Å²) in [6.45, 7) is 0. The van der Waals surface area contributed by atoms with Crippen LogP contribution in [0.15, 0.2) is 77.3 Å². The maximum atomic E-state index is 13.9. The van der Waals surface area contributed by atoms with Crippen molar-refractivity contribution in [3.05, 3.63) is 93.6 Å². The number of hydrogen-bond donors (Lipinski definition) is 2. The van der Waals surface area contributed by atoms with Gasteiger partial charge in [0.25, 0.3) is 0 Å². The summed E-state index contributed by atoms with van der Waals surface area (Å²) < 4.78 is 13.9. The van der Waals surface area contributed by atoms with E-state index in [-0.39, 0.29) is 23.6 Å². The second-order valence-electron chi connectivity index (χ2n) is 7.24. The van der Waals surface area contributed by atoms with Crippen LogP contribution in [0.2, 0.25) is 0 Å². The molecule has 3 nitrogen and oxygen atoms in total. The van der Waals surface area contributed by atoms with E-state index < -0.39 is 0 Å². The number of allylic oxidation sites excluding steroid dienone is 1. The predicted molar refractivity (Wildman–Crippen MR) is 111 cm³/mol. The van der Waals surface area contributed by atoms with Crippen LogP contribution in [0.5, 0.6) is 0 Å². The van der Waals surface area contributed by atoms with Crippen LogP contribution in [0.25, 0.3) is 0 Å². The van der Waals surface area contributed by atoms with E-state index in [9.17, 15) is 9.18 Å². The highest BCUT2D eigenvalue weighted by molar-refractivity contribution is 7.10. The number of hydrogen-bond acceptors (Lipinski definition) is 4. The molecule has 5 heteroatoms. The van der Waals surface area contributed by atoms with Crippen molar-refractivity contribution in [3.63, 3.8) is 0 Å². The maximum Gasteiger partial charge on any atom is 0.163 e. The van der Waals surface area contributed by atoms with Crippen LogP contribution in [0.4, 0.5) is 15.8 Å². The van der Waals surface area contributed by atoms with Crippen LogP contribution in [-0.4, -0.2) is 5.78 Å². The molecule has 2 aliphatic rings. The van der Waals surface area contributed by atoms with E-state index in [2.05, 4.69) is 22.1 Å². The van der Waals surface area contributed by atoms with Gasteiger partial charge in [-0.3, -0.25) is 4.79 Å². The molecule has 0 saturated carbocycles. The Balaban J connectivity index is 1.64. The van der Waals surface area contributed by atoms with Gasteiger partial charge in [0.2, 0.25) is 0 Å². The lowest BCUT2D eigenvalue weighted by Gasteiger charge is -2.29. The molecule has 0 unspecified atom stereocenters. The van der Waals surface area contributed by atoms with E-state index in [0.29, 0.717) is 6.42 Å². The molecule has 0 radical (unpaired) electrons. The minimum Gasteiger partial charge on any atom is -0.372 e. The summed E-state index contributed by atoms with van der Waals surface area (Å²) in [6, 6.07) is 18.2. The molecule has 140 valence electrons. The zero-order chi connectivity index (χ0) is 19.1. The lowest BCUT2D eigenvalue weighted by atomic mass is 9.81. The number of halogens is 1. The van der Waals surface area contributed by atoms with E-state index in [0.717, 1.165) is 34.6 Å². The standard InChI is InChI=1S/C23H19FN2OS/c24-16-6-3-5-14(11-16)23-22-19(25-17-7-1-2-8-18(17)26-23)12-15(13-20(22)27)21-9-4-10-28-21/h1-11,15,23,25-26H,12-13H2/t15-,23-/m1/s1. The number of ketones is 1. The van der Waals surface area contributed by atoms with Gasteiger partial charge in [-0.1, -0.05) is 30.3 Å². The average Bonchev–Trinajstić information content (AvgIpc) is 3.17. The van der Waals surface area contributed by atoms with Crippen LogP contribution >= 0.6 is 11.3 Å². The molecular weight excluding hydrogens is 371 g/mol. The summed E-state index contributed by atoms with van der Waals surface area (Å²) in [7, 11) is 0. The van der Waals surface area contributed by atoms with E-state index >= 15 is 0 Å². The Bertz CT molecular complexity index is 1070. The fraction of sp³-hybridized carbons (Fsp3) is 0.174. The van der Waals surface area contributed by atoms with Gasteiger partial charge in [0, 0.05) is 28.5 Å². The van der Waals surface area contributed by atoms with E-state index in [1.54, 1.807) is 17.4 Å². The average molecular weight is 390 g/mol. The largest absolute Gasteiger partial charge is 0.372 e. The molecule has 2 heterocycles. The normalized spacial score (nSPS) is 21.2. The van der Waals surface area contributed by atoms with Gasteiger partial charge >= 0.3 is 0 Å². The van der Waals surface area contributed by atoms with Crippen molar-refractivity contribution in [1.82, 2.24) is 0 Å². The zero-order valence-electron chi connectivity index (χ0n) is 15.1. The van der Waals surface area contributed by atoms with Crippen LogP contribution in [0, 0.1) is 5.82 Å². The molecule has 1 aromatic heterocycles. The lowest BCUT2D eigenvalue weighted by molar-refractivity contribution is -0.116. The molecule has 5 rings (SSSR count). The molecule has 2 aromatic carbocycles. The first kappa shape index (κ1) is 17.2. The smallest absolute Gasteiger partial charge is 0.163 e. The summed E-state index contributed by atoms with van der Waals surface area (Å²) in [5.41, 5.74) is 4.25. The van der Waals surface area contributed by atoms with Gasteiger partial charge in [0.05, 0.1) is 17.4 Å². The highest BCUT2D eigenvalue weighted by Crippen LogP contribution is 2.44. The van der Waals surface area contributed by atoms with Crippen molar-refractivity contribution < 1.29 is 9.18 Å². The van der Waals surface area contributed by atoms with Gasteiger partial charge in [-0.2, -0.15) is 0 Å². The fourth-order valence-corrected chi connectivity index (χ4v) is 4.98. The number of carbonyl (C=O) groups excluding carboxylic acids is 1. The van der Waals surface area contributed by atoms with Gasteiger partial charge in [0.1, 0.15) is 5.82 Å². The van der Waals surface area contributed by atoms with Crippen LogP contribution in [-0.2, 0) is 4.79 Å². The lowest BCUT2D eigenvalue weighted by Crippen LogP contribution is -2.26.